The fourth-order valence-electron chi connectivity index (χ4n) is 3.45. The maximum absolute atomic E-state index is 13.0. The van der Waals surface area contributed by atoms with Crippen LogP contribution in [0.4, 0.5) is 14.5 Å². The Morgan fingerprint density at radius 2 is 1.86 bits per heavy atom. The molecule has 1 aliphatic rings. The quantitative estimate of drug-likeness (QED) is 0.682. The van der Waals surface area contributed by atoms with Gasteiger partial charge in [0.05, 0.1) is 10.5 Å². The van der Waals surface area contributed by atoms with Crippen LogP contribution in [0.15, 0.2) is 47.4 Å². The Hall–Kier alpha value is -2.52. The third kappa shape index (κ3) is 4.11. The van der Waals surface area contributed by atoms with Gasteiger partial charge in [-0.3, -0.25) is 4.79 Å². The second-order valence-corrected chi connectivity index (χ2v) is 8.40. The number of hydrogen-bond acceptors (Lipinski definition) is 4. The van der Waals surface area contributed by atoms with Crippen molar-refractivity contribution in [3.05, 3.63) is 53.6 Å². The van der Waals surface area contributed by atoms with Gasteiger partial charge in [0.2, 0.25) is 10.0 Å². The highest BCUT2D eigenvalue weighted by Gasteiger charge is 2.30. The number of hydrogen-bond donors (Lipinski definition) is 0. The number of fused-ring (bicyclic) bond motifs is 1. The SMILES string of the molecule is CCN(CC)S(=O)(=O)c1ccc2c(c1)CCN2C(=O)c1ccccc1OC(F)F. The molecule has 3 rings (SSSR count). The van der Waals surface area contributed by atoms with E-state index in [0.717, 1.165) is 5.56 Å². The first-order valence-electron chi connectivity index (χ1n) is 9.28. The number of ether oxygens (including phenoxy) is 1. The van der Waals surface area contributed by atoms with Crippen LogP contribution in [0.5, 0.6) is 5.75 Å². The lowest BCUT2D eigenvalue weighted by molar-refractivity contribution is -0.0501. The Balaban J connectivity index is 1.92. The maximum Gasteiger partial charge on any atom is 0.387 e. The van der Waals surface area contributed by atoms with Gasteiger partial charge in [0.1, 0.15) is 5.75 Å². The van der Waals surface area contributed by atoms with E-state index < -0.39 is 22.5 Å². The Morgan fingerprint density at radius 1 is 1.17 bits per heavy atom. The van der Waals surface area contributed by atoms with Crippen molar-refractivity contribution in [3.63, 3.8) is 0 Å². The average molecular weight is 424 g/mol. The Kier molecular flexibility index (Phi) is 6.18. The number of carbonyl (C=O) groups excluding carboxylic acids is 1. The number of carbonyl (C=O) groups is 1. The predicted octanol–water partition coefficient (Wildman–Crippen LogP) is 3.52. The van der Waals surface area contributed by atoms with E-state index in [-0.39, 0.29) is 16.2 Å². The van der Waals surface area contributed by atoms with Crippen molar-refractivity contribution in [1.29, 1.82) is 0 Å². The predicted molar refractivity (Wildman–Crippen MR) is 105 cm³/mol. The summed E-state index contributed by atoms with van der Waals surface area (Å²) in [5, 5.41) is 0. The first kappa shape index (κ1) is 21.2. The molecule has 1 amide bonds. The van der Waals surface area contributed by atoms with Crippen LogP contribution in [0.2, 0.25) is 0 Å². The molecular weight excluding hydrogens is 402 g/mol. The molecule has 0 saturated heterocycles. The first-order valence-corrected chi connectivity index (χ1v) is 10.7. The van der Waals surface area contributed by atoms with E-state index in [1.807, 2.05) is 0 Å². The van der Waals surface area contributed by atoms with Crippen molar-refractivity contribution in [2.24, 2.45) is 0 Å². The molecule has 0 fully saturated rings. The molecular formula is C20H22F2N2O4S. The van der Waals surface area contributed by atoms with Crippen LogP contribution in [0.3, 0.4) is 0 Å². The Bertz CT molecular complexity index is 1010. The summed E-state index contributed by atoms with van der Waals surface area (Å²) in [7, 11) is -3.61. The van der Waals surface area contributed by atoms with Crippen molar-refractivity contribution >= 4 is 21.6 Å². The molecule has 156 valence electrons. The monoisotopic (exact) mass is 424 g/mol. The molecule has 0 atom stereocenters. The molecule has 6 nitrogen and oxygen atoms in total. The van der Waals surface area contributed by atoms with E-state index in [1.54, 1.807) is 32.0 Å². The van der Waals surface area contributed by atoms with Gasteiger partial charge in [-0.25, -0.2) is 8.42 Å². The van der Waals surface area contributed by atoms with Crippen molar-refractivity contribution in [1.82, 2.24) is 4.31 Å². The van der Waals surface area contributed by atoms with Gasteiger partial charge in [-0.2, -0.15) is 13.1 Å². The zero-order valence-electron chi connectivity index (χ0n) is 16.1. The summed E-state index contributed by atoms with van der Waals surface area (Å²) >= 11 is 0. The molecule has 0 N–H and O–H groups in total. The largest absolute Gasteiger partial charge is 0.434 e. The van der Waals surface area contributed by atoms with E-state index in [1.165, 1.54) is 33.5 Å². The molecule has 29 heavy (non-hydrogen) atoms. The number of anilines is 1. The summed E-state index contributed by atoms with van der Waals surface area (Å²) < 4.78 is 56.6. The minimum absolute atomic E-state index is 0.0282. The number of amides is 1. The van der Waals surface area contributed by atoms with E-state index in [4.69, 9.17) is 0 Å². The highest BCUT2D eigenvalue weighted by molar-refractivity contribution is 7.89. The van der Waals surface area contributed by atoms with E-state index in [9.17, 15) is 22.0 Å². The third-order valence-electron chi connectivity index (χ3n) is 4.87. The third-order valence-corrected chi connectivity index (χ3v) is 6.91. The number of para-hydroxylation sites is 1. The lowest BCUT2D eigenvalue weighted by Crippen LogP contribution is -2.31. The first-order chi connectivity index (χ1) is 13.8. The number of alkyl halides is 2. The number of benzene rings is 2. The normalized spacial score (nSPS) is 13.8. The standard InChI is InChI=1S/C20H22F2N2O4S/c1-3-23(4-2)29(26,27)15-9-10-17-14(13-15)11-12-24(17)19(25)16-7-5-6-8-18(16)28-20(21)22/h5-10,13,20H,3-4,11-12H2,1-2H3. The minimum Gasteiger partial charge on any atom is -0.434 e. The summed E-state index contributed by atoms with van der Waals surface area (Å²) in [4.78, 5) is 14.6. The van der Waals surface area contributed by atoms with Gasteiger partial charge in [0.15, 0.2) is 0 Å². The Morgan fingerprint density at radius 3 is 2.52 bits per heavy atom. The summed E-state index contributed by atoms with van der Waals surface area (Å²) in [5.74, 6) is -0.666. The van der Waals surface area contributed by atoms with Crippen molar-refractivity contribution in [2.75, 3.05) is 24.5 Å². The van der Waals surface area contributed by atoms with Crippen molar-refractivity contribution in [3.8, 4) is 5.75 Å². The maximum atomic E-state index is 13.0. The van der Waals surface area contributed by atoms with Crippen LogP contribution in [0.25, 0.3) is 0 Å². The van der Waals surface area contributed by atoms with E-state index >= 15 is 0 Å². The number of rotatable bonds is 7. The number of sulfonamides is 1. The summed E-state index contributed by atoms with van der Waals surface area (Å²) in [6, 6.07) is 10.5. The van der Waals surface area contributed by atoms with E-state index in [2.05, 4.69) is 4.74 Å². The van der Waals surface area contributed by atoms with Crippen LogP contribution >= 0.6 is 0 Å². The molecule has 0 unspecified atom stereocenters. The second kappa shape index (κ2) is 8.46. The van der Waals surface area contributed by atoms with Crippen LogP contribution in [0, 0.1) is 0 Å². The highest BCUT2D eigenvalue weighted by atomic mass is 32.2. The average Bonchev–Trinajstić information content (AvgIpc) is 3.11. The van der Waals surface area contributed by atoms with Gasteiger partial charge in [0, 0.05) is 25.3 Å². The molecule has 1 aliphatic heterocycles. The molecule has 1 heterocycles. The Labute approximate surface area is 168 Å². The molecule has 0 aliphatic carbocycles. The molecule has 0 radical (unpaired) electrons. The summed E-state index contributed by atoms with van der Waals surface area (Å²) in [6.07, 6.45) is 0.473. The van der Waals surface area contributed by atoms with Crippen LogP contribution < -0.4 is 9.64 Å². The van der Waals surface area contributed by atoms with Crippen LogP contribution in [-0.2, 0) is 16.4 Å². The summed E-state index contributed by atoms with van der Waals surface area (Å²) in [5.41, 5.74) is 1.32. The topological polar surface area (TPSA) is 66.9 Å². The van der Waals surface area contributed by atoms with Gasteiger partial charge in [-0.1, -0.05) is 26.0 Å². The van der Waals surface area contributed by atoms with Gasteiger partial charge >= 0.3 is 6.61 Å². The summed E-state index contributed by atoms with van der Waals surface area (Å²) in [6.45, 7) is 1.55. The van der Waals surface area contributed by atoms with Crippen LogP contribution in [-0.4, -0.2) is 44.9 Å². The molecule has 0 spiro atoms. The number of halogens is 2. The lowest BCUT2D eigenvalue weighted by atomic mass is 10.1. The van der Waals surface area contributed by atoms with E-state index in [0.29, 0.717) is 31.7 Å². The highest BCUT2D eigenvalue weighted by Crippen LogP contribution is 2.33. The van der Waals surface area contributed by atoms with Gasteiger partial charge in [-0.05, 0) is 42.3 Å². The number of nitrogens with zero attached hydrogens (tertiary/aromatic N) is 2. The molecule has 0 bridgehead atoms. The molecule has 9 heteroatoms. The second-order valence-electron chi connectivity index (χ2n) is 6.46. The van der Waals surface area contributed by atoms with Gasteiger partial charge < -0.3 is 9.64 Å². The van der Waals surface area contributed by atoms with Crippen LogP contribution in [0.1, 0.15) is 29.8 Å². The fourth-order valence-corrected chi connectivity index (χ4v) is 4.96. The van der Waals surface area contributed by atoms with Crippen molar-refractivity contribution < 1.29 is 26.7 Å². The fraction of sp³-hybridized carbons (Fsp3) is 0.350. The van der Waals surface area contributed by atoms with Gasteiger partial charge in [0.25, 0.3) is 5.91 Å². The zero-order valence-corrected chi connectivity index (χ0v) is 17.0. The zero-order chi connectivity index (χ0) is 21.2. The molecule has 0 aromatic heterocycles. The van der Waals surface area contributed by atoms with Gasteiger partial charge in [-0.15, -0.1) is 0 Å². The smallest absolute Gasteiger partial charge is 0.387 e. The lowest BCUT2D eigenvalue weighted by Gasteiger charge is -2.21. The van der Waals surface area contributed by atoms with Crippen molar-refractivity contribution in [2.45, 2.75) is 31.8 Å². The molecule has 2 aromatic rings. The molecule has 2 aromatic carbocycles. The minimum atomic E-state index is -3.61. The molecule has 0 saturated carbocycles.